The van der Waals surface area contributed by atoms with E-state index < -0.39 is 11.9 Å². The fourth-order valence-electron chi connectivity index (χ4n) is 6.95. The minimum atomic E-state index is -1.52. The van der Waals surface area contributed by atoms with Crippen LogP contribution in [0.15, 0.2) is 36.4 Å². The molecule has 2 aromatic carbocycles. The van der Waals surface area contributed by atoms with Crippen LogP contribution in [0, 0.1) is 0 Å². The number of carboxylic acids is 2. The van der Waals surface area contributed by atoms with E-state index in [1.807, 2.05) is 0 Å². The summed E-state index contributed by atoms with van der Waals surface area (Å²) in [5.74, 6) is -3.04. The molecular weight excluding hydrogens is 620 g/mol. The molecule has 0 saturated heterocycles. The van der Waals surface area contributed by atoms with Crippen molar-refractivity contribution in [3.8, 4) is 0 Å². The average molecular weight is 699 g/mol. The molecule has 0 unspecified atom stereocenters. The molecule has 0 aromatic heterocycles. The highest BCUT2D eigenvalue weighted by molar-refractivity contribution is 6.10. The Hall–Kier alpha value is -2.44. The second-order valence-corrected chi connectivity index (χ2v) is 14.6. The van der Waals surface area contributed by atoms with Crippen molar-refractivity contribution in [2.24, 2.45) is 0 Å². The lowest BCUT2D eigenvalue weighted by Crippen LogP contribution is -2.50. The largest absolute Gasteiger partial charge is 0.545 e. The van der Waals surface area contributed by atoms with Crippen molar-refractivity contribution >= 4 is 22.7 Å². The first-order chi connectivity index (χ1) is 24.1. The van der Waals surface area contributed by atoms with E-state index in [1.54, 1.807) is 18.2 Å². The predicted octanol–water partition coefficient (Wildman–Crippen LogP) is 9.57. The number of unbranched alkanes of at least 4 members (excludes halogenated alkanes) is 8. The first kappa shape index (κ1) is 47.6. The lowest BCUT2D eigenvalue weighted by Gasteiger charge is -2.39. The summed E-state index contributed by atoms with van der Waals surface area (Å²) < 4.78 is 2.84. The zero-order valence-electron chi connectivity index (χ0n) is 34.0. The summed E-state index contributed by atoms with van der Waals surface area (Å²) >= 11 is 0. The third kappa shape index (κ3) is 18.7. The van der Waals surface area contributed by atoms with Crippen molar-refractivity contribution in [1.29, 1.82) is 0 Å². The third-order valence-corrected chi connectivity index (χ3v) is 10.2. The average Bonchev–Trinajstić information content (AvgIpc) is 3.13. The minimum Gasteiger partial charge on any atom is -0.545 e. The number of carboxylic acid groups (broad SMARTS) is 2. The Morgan fingerprint density at radius 2 is 0.740 bits per heavy atom. The zero-order valence-corrected chi connectivity index (χ0v) is 34.0. The molecule has 0 N–H and O–H groups in total. The van der Waals surface area contributed by atoms with E-state index in [9.17, 15) is 19.8 Å². The highest BCUT2D eigenvalue weighted by Crippen LogP contribution is 2.22. The summed E-state index contributed by atoms with van der Waals surface area (Å²) in [6.07, 6.45) is 22.1. The van der Waals surface area contributed by atoms with Crippen LogP contribution in [0.4, 0.5) is 0 Å². The number of hydrogen-bond acceptors (Lipinski definition) is 4. The highest BCUT2D eigenvalue weighted by Gasteiger charge is 2.25. The molecule has 0 aliphatic heterocycles. The molecule has 6 heteroatoms. The summed E-state index contributed by atoms with van der Waals surface area (Å²) in [5, 5.41) is 22.7. The van der Waals surface area contributed by atoms with Crippen molar-refractivity contribution in [2.75, 3.05) is 52.4 Å². The molecule has 288 valence electrons. The van der Waals surface area contributed by atoms with Crippen LogP contribution in [0.2, 0.25) is 0 Å². The maximum Gasteiger partial charge on any atom is 0.0786 e. The molecular formula is C44H78N2O4. The molecule has 6 nitrogen and oxygen atoms in total. The molecule has 0 bridgehead atoms. The van der Waals surface area contributed by atoms with Gasteiger partial charge in [-0.25, -0.2) is 0 Å². The Morgan fingerprint density at radius 1 is 0.440 bits per heavy atom. The van der Waals surface area contributed by atoms with Crippen molar-refractivity contribution < 1.29 is 28.8 Å². The summed E-state index contributed by atoms with van der Waals surface area (Å²) in [4.78, 5) is 21.7. The van der Waals surface area contributed by atoms with Gasteiger partial charge in [0, 0.05) is 11.1 Å². The lowest BCUT2D eigenvalue weighted by atomic mass is 9.99. The molecule has 2 rings (SSSR count). The predicted molar refractivity (Wildman–Crippen MR) is 211 cm³/mol. The molecule has 50 heavy (non-hydrogen) atoms. The Bertz CT molecular complexity index is 1040. The van der Waals surface area contributed by atoms with Gasteiger partial charge < -0.3 is 28.8 Å². The van der Waals surface area contributed by atoms with Gasteiger partial charge in [0.25, 0.3) is 0 Å². The van der Waals surface area contributed by atoms with E-state index in [0.717, 1.165) is 0 Å². The molecule has 0 heterocycles. The van der Waals surface area contributed by atoms with Gasteiger partial charge in [0.1, 0.15) is 0 Å². The van der Waals surface area contributed by atoms with Crippen molar-refractivity contribution in [3.05, 3.63) is 47.5 Å². The summed E-state index contributed by atoms with van der Waals surface area (Å²) in [5.41, 5.74) is -0.697. The standard InChI is InChI=1S/2C16H36N.C12H8O4/c2*1-5-9-13-17(14-10-6-2,15-11-7-3)16-12-8-4;13-11(14)9-6-5-7-3-1-2-4-8(7)10(9)12(15)16/h2*5-16H2,1-4H3;1-6H,(H,13,14)(H,15,16)/q2*+1;/p-2. The van der Waals surface area contributed by atoms with Gasteiger partial charge in [-0.2, -0.15) is 0 Å². The maximum atomic E-state index is 10.9. The second-order valence-electron chi connectivity index (χ2n) is 14.6. The number of rotatable bonds is 26. The fraction of sp³-hybridized carbons (Fsp3) is 0.727. The Labute approximate surface area is 308 Å². The van der Waals surface area contributed by atoms with Crippen LogP contribution in [-0.4, -0.2) is 73.3 Å². The van der Waals surface area contributed by atoms with E-state index in [0.29, 0.717) is 10.8 Å². The van der Waals surface area contributed by atoms with E-state index in [1.165, 1.54) is 182 Å². The lowest BCUT2D eigenvalue weighted by molar-refractivity contribution is -0.929. The van der Waals surface area contributed by atoms with Crippen LogP contribution >= 0.6 is 0 Å². The molecule has 0 atom stereocenters. The first-order valence-electron chi connectivity index (χ1n) is 20.7. The van der Waals surface area contributed by atoms with Gasteiger partial charge >= 0.3 is 0 Å². The Kier molecular flexibility index (Phi) is 27.7. The smallest absolute Gasteiger partial charge is 0.0786 e. The number of quaternary nitrogens is 2. The molecule has 0 aliphatic rings. The van der Waals surface area contributed by atoms with Gasteiger partial charge in [-0.05, 0) is 62.1 Å². The van der Waals surface area contributed by atoms with E-state index >= 15 is 0 Å². The summed E-state index contributed by atoms with van der Waals surface area (Å²) in [6.45, 7) is 30.0. The number of carbonyl (C=O) groups excluding carboxylic acids is 2. The summed E-state index contributed by atoms with van der Waals surface area (Å²) in [7, 11) is 0. The van der Waals surface area contributed by atoms with Crippen molar-refractivity contribution in [1.82, 2.24) is 0 Å². The van der Waals surface area contributed by atoms with Gasteiger partial charge in [0.05, 0.1) is 64.3 Å². The highest BCUT2D eigenvalue weighted by atomic mass is 16.4. The topological polar surface area (TPSA) is 80.3 Å². The van der Waals surface area contributed by atoms with Gasteiger partial charge in [-0.15, -0.1) is 0 Å². The maximum absolute atomic E-state index is 10.9. The zero-order chi connectivity index (χ0) is 37.7. The Morgan fingerprint density at radius 3 is 1.00 bits per heavy atom. The van der Waals surface area contributed by atoms with Gasteiger partial charge in [-0.1, -0.05) is 143 Å². The van der Waals surface area contributed by atoms with Crippen LogP contribution in [0.3, 0.4) is 0 Å². The van der Waals surface area contributed by atoms with Crippen molar-refractivity contribution in [2.45, 2.75) is 158 Å². The van der Waals surface area contributed by atoms with Crippen LogP contribution < -0.4 is 10.2 Å². The van der Waals surface area contributed by atoms with Crippen LogP contribution in [0.5, 0.6) is 0 Å². The van der Waals surface area contributed by atoms with E-state index in [-0.39, 0.29) is 11.1 Å². The molecule has 0 spiro atoms. The summed E-state index contributed by atoms with van der Waals surface area (Å²) in [6, 6.07) is 9.34. The SMILES string of the molecule is CCCC[N+](CCCC)(CCCC)CCCC.CCCC[N+](CCCC)(CCCC)CCCC.O=C([O-])c1ccc2ccccc2c1C(=O)[O-]. The number of carbonyl (C=O) groups is 2. The molecule has 2 aromatic rings. The van der Waals surface area contributed by atoms with Crippen LogP contribution in [-0.2, 0) is 0 Å². The van der Waals surface area contributed by atoms with Gasteiger partial charge in [0.15, 0.2) is 0 Å². The normalized spacial score (nSPS) is 11.4. The third-order valence-electron chi connectivity index (χ3n) is 10.2. The van der Waals surface area contributed by atoms with Gasteiger partial charge in [0.2, 0.25) is 0 Å². The van der Waals surface area contributed by atoms with Gasteiger partial charge in [-0.3, -0.25) is 0 Å². The fourth-order valence-corrected chi connectivity index (χ4v) is 6.95. The van der Waals surface area contributed by atoms with Crippen molar-refractivity contribution in [3.63, 3.8) is 0 Å². The molecule has 0 radical (unpaired) electrons. The number of benzene rings is 2. The second kappa shape index (κ2) is 29.2. The minimum absolute atomic E-state index is 0.335. The molecule has 0 fully saturated rings. The number of hydrogen-bond donors (Lipinski definition) is 0. The van der Waals surface area contributed by atoms with E-state index in [4.69, 9.17) is 0 Å². The molecule has 0 saturated carbocycles. The number of aromatic carboxylic acids is 2. The first-order valence-corrected chi connectivity index (χ1v) is 20.7. The monoisotopic (exact) mass is 699 g/mol. The number of fused-ring (bicyclic) bond motifs is 1. The van der Waals surface area contributed by atoms with Crippen LogP contribution in [0.1, 0.15) is 179 Å². The molecule has 0 amide bonds. The quantitative estimate of drug-likeness (QED) is 0.0917. The Balaban J connectivity index is 0.000000720. The number of nitrogens with zero attached hydrogens (tertiary/aromatic N) is 2. The molecule has 0 aliphatic carbocycles. The van der Waals surface area contributed by atoms with Crippen LogP contribution in [0.25, 0.3) is 10.8 Å². The van der Waals surface area contributed by atoms with E-state index in [2.05, 4.69) is 55.4 Å².